The van der Waals surface area contributed by atoms with Crippen LogP contribution in [0.4, 0.5) is 10.5 Å². The molecule has 0 radical (unpaired) electrons. The van der Waals surface area contributed by atoms with Gasteiger partial charge in [-0.05, 0) is 46.8 Å². The fourth-order valence-corrected chi connectivity index (χ4v) is 4.12. The quantitative estimate of drug-likeness (QED) is 0.347. The van der Waals surface area contributed by atoms with E-state index in [-0.39, 0.29) is 48.1 Å². The molecule has 0 fully saturated rings. The number of amides is 2. The van der Waals surface area contributed by atoms with Gasteiger partial charge in [-0.25, -0.2) is 4.79 Å². The molecule has 2 amide bonds. The van der Waals surface area contributed by atoms with Crippen LogP contribution in [0.25, 0.3) is 21.9 Å². The van der Waals surface area contributed by atoms with Gasteiger partial charge in [0.25, 0.3) is 5.56 Å². The molecule has 0 saturated carbocycles. The first-order valence-corrected chi connectivity index (χ1v) is 10.9. The second-order valence-corrected chi connectivity index (χ2v) is 8.26. The number of halogens is 1. The van der Waals surface area contributed by atoms with Crippen molar-refractivity contribution < 1.29 is 14.7 Å². The van der Waals surface area contributed by atoms with E-state index >= 15 is 0 Å². The normalized spacial score (nSPS) is 10.5. The standard InChI is InChI=1S/C26H22ClN3O4.Na.H/c1-30-22(15-28-26(34)29-19-9-5-6-16(12-19)13-23(31)32)24(17-7-3-2-4-8-17)21-14-18(27)10-11-20(21)25(30)33;;/h2-12,14H,13,15H2,1H3,(H,31,32)(H2,28,29,34);;. The van der Waals surface area contributed by atoms with E-state index in [1.54, 1.807) is 49.5 Å². The molecule has 0 bridgehead atoms. The van der Waals surface area contributed by atoms with Crippen molar-refractivity contribution in [2.45, 2.75) is 13.0 Å². The number of urea groups is 1. The number of hydrogen-bond acceptors (Lipinski definition) is 3. The van der Waals surface area contributed by atoms with Crippen molar-refractivity contribution in [3.05, 3.63) is 99.4 Å². The van der Waals surface area contributed by atoms with Crippen LogP contribution in [0.15, 0.2) is 77.6 Å². The van der Waals surface area contributed by atoms with Crippen molar-refractivity contribution in [3.63, 3.8) is 0 Å². The number of hydrogen-bond donors (Lipinski definition) is 3. The Morgan fingerprint density at radius 3 is 2.43 bits per heavy atom. The monoisotopic (exact) mass is 499 g/mol. The molecule has 0 spiro atoms. The second-order valence-electron chi connectivity index (χ2n) is 7.82. The molecule has 7 nitrogen and oxygen atoms in total. The molecule has 9 heteroatoms. The Morgan fingerprint density at radius 1 is 0.971 bits per heavy atom. The third-order valence-corrected chi connectivity index (χ3v) is 5.73. The zero-order chi connectivity index (χ0) is 24.2. The van der Waals surface area contributed by atoms with E-state index < -0.39 is 12.0 Å². The molecule has 0 aliphatic carbocycles. The number of benzene rings is 3. The predicted molar refractivity (Wildman–Crippen MR) is 140 cm³/mol. The zero-order valence-corrected chi connectivity index (χ0v) is 19.1. The van der Waals surface area contributed by atoms with Gasteiger partial charge in [-0.3, -0.25) is 9.59 Å². The van der Waals surface area contributed by atoms with Gasteiger partial charge >= 0.3 is 41.6 Å². The van der Waals surface area contributed by atoms with E-state index in [0.29, 0.717) is 32.7 Å². The van der Waals surface area contributed by atoms with Crippen LogP contribution >= 0.6 is 11.6 Å². The Labute approximate surface area is 229 Å². The summed E-state index contributed by atoms with van der Waals surface area (Å²) in [6, 6.07) is 20.9. The van der Waals surface area contributed by atoms with E-state index in [1.807, 2.05) is 30.3 Å². The van der Waals surface area contributed by atoms with Gasteiger partial charge in [-0.2, -0.15) is 0 Å². The van der Waals surface area contributed by atoms with E-state index in [2.05, 4.69) is 10.6 Å². The third-order valence-electron chi connectivity index (χ3n) is 5.50. The summed E-state index contributed by atoms with van der Waals surface area (Å²) in [5.74, 6) is -0.952. The van der Waals surface area contributed by atoms with Crippen LogP contribution in [0.3, 0.4) is 0 Å². The van der Waals surface area contributed by atoms with Crippen LogP contribution < -0.4 is 16.2 Å². The topological polar surface area (TPSA) is 100 Å². The molecule has 174 valence electrons. The molecule has 35 heavy (non-hydrogen) atoms. The Hall–Kier alpha value is -3.10. The summed E-state index contributed by atoms with van der Waals surface area (Å²) >= 11 is 6.26. The minimum absolute atomic E-state index is 0. The second kappa shape index (κ2) is 11.6. The van der Waals surface area contributed by atoms with Crippen molar-refractivity contribution in [3.8, 4) is 11.1 Å². The number of nitrogens with zero attached hydrogens (tertiary/aromatic N) is 1. The summed E-state index contributed by atoms with van der Waals surface area (Å²) in [4.78, 5) is 36.6. The Kier molecular flexibility index (Phi) is 8.75. The van der Waals surface area contributed by atoms with E-state index in [4.69, 9.17) is 16.7 Å². The maximum atomic E-state index is 13.0. The van der Waals surface area contributed by atoms with Crippen LogP contribution in [0.1, 0.15) is 11.3 Å². The predicted octanol–water partition coefficient (Wildman–Crippen LogP) is 4.16. The van der Waals surface area contributed by atoms with E-state index in [0.717, 1.165) is 11.1 Å². The molecular formula is C26H23ClN3NaO4. The van der Waals surface area contributed by atoms with Crippen LogP contribution in [0.5, 0.6) is 0 Å². The number of rotatable bonds is 6. The van der Waals surface area contributed by atoms with Gasteiger partial charge in [0.1, 0.15) is 0 Å². The van der Waals surface area contributed by atoms with Crippen molar-refractivity contribution in [1.82, 2.24) is 9.88 Å². The average molecular weight is 500 g/mol. The van der Waals surface area contributed by atoms with Crippen LogP contribution in [-0.2, 0) is 24.8 Å². The number of carbonyl (C=O) groups is 2. The van der Waals surface area contributed by atoms with Gasteiger partial charge in [0.05, 0.1) is 13.0 Å². The summed E-state index contributed by atoms with van der Waals surface area (Å²) in [6.07, 6.45) is -0.140. The molecule has 0 aliphatic rings. The van der Waals surface area contributed by atoms with Gasteiger partial charge < -0.3 is 20.3 Å². The van der Waals surface area contributed by atoms with Gasteiger partial charge in [0.15, 0.2) is 0 Å². The van der Waals surface area contributed by atoms with Crippen molar-refractivity contribution in [2.75, 3.05) is 5.32 Å². The number of fused-ring (bicyclic) bond motifs is 1. The van der Waals surface area contributed by atoms with Gasteiger partial charge in [-0.15, -0.1) is 0 Å². The molecule has 3 N–H and O–H groups in total. The molecule has 0 unspecified atom stereocenters. The van der Waals surface area contributed by atoms with Crippen molar-refractivity contribution in [2.24, 2.45) is 7.05 Å². The molecule has 4 aromatic rings. The summed E-state index contributed by atoms with van der Waals surface area (Å²) < 4.78 is 1.53. The molecule has 3 aromatic carbocycles. The number of carboxylic acid groups (broad SMARTS) is 1. The molecule has 0 aliphatic heterocycles. The maximum absolute atomic E-state index is 13.0. The number of carboxylic acids is 1. The molecule has 0 atom stereocenters. The van der Waals surface area contributed by atoms with Crippen molar-refractivity contribution in [1.29, 1.82) is 0 Å². The van der Waals surface area contributed by atoms with Gasteiger partial charge in [0.2, 0.25) is 0 Å². The Bertz CT molecular complexity index is 1450. The number of anilines is 1. The summed E-state index contributed by atoms with van der Waals surface area (Å²) in [5.41, 5.74) is 3.18. The minimum atomic E-state index is -0.952. The van der Waals surface area contributed by atoms with Gasteiger partial charge in [-0.1, -0.05) is 54.1 Å². The Balaban J connectivity index is 0.00000342. The first-order valence-electron chi connectivity index (χ1n) is 10.6. The molecule has 0 saturated heterocycles. The average Bonchev–Trinajstić information content (AvgIpc) is 2.80. The summed E-state index contributed by atoms with van der Waals surface area (Å²) in [5, 5.41) is 16.2. The third kappa shape index (κ3) is 6.13. The van der Waals surface area contributed by atoms with Crippen molar-refractivity contribution >= 4 is 69.6 Å². The SMILES string of the molecule is Cn1c(CNC(=O)Nc2cccc(CC(=O)O)c2)c(-c2ccccc2)c2cc(Cl)ccc2c1=O.[NaH]. The van der Waals surface area contributed by atoms with E-state index in [9.17, 15) is 14.4 Å². The van der Waals surface area contributed by atoms with E-state index in [1.165, 1.54) is 4.57 Å². The fourth-order valence-electron chi connectivity index (χ4n) is 3.94. The number of aromatic nitrogens is 1. The molecular weight excluding hydrogens is 477 g/mol. The summed E-state index contributed by atoms with van der Waals surface area (Å²) in [6.45, 7) is 0.0824. The van der Waals surface area contributed by atoms with Crippen LogP contribution in [-0.4, -0.2) is 51.2 Å². The van der Waals surface area contributed by atoms with Gasteiger partial charge in [0, 0.05) is 34.4 Å². The number of carbonyl (C=O) groups excluding carboxylic acids is 1. The molecule has 4 rings (SSSR count). The first-order chi connectivity index (χ1) is 16.3. The van der Waals surface area contributed by atoms with Crippen LogP contribution in [0.2, 0.25) is 5.02 Å². The Morgan fingerprint density at radius 2 is 1.71 bits per heavy atom. The molecule has 1 heterocycles. The number of pyridine rings is 1. The summed E-state index contributed by atoms with van der Waals surface area (Å²) in [7, 11) is 1.67. The number of aliphatic carboxylic acids is 1. The number of nitrogens with one attached hydrogen (secondary N) is 2. The fraction of sp³-hybridized carbons (Fsp3) is 0.115. The zero-order valence-electron chi connectivity index (χ0n) is 18.3. The molecule has 1 aromatic heterocycles. The van der Waals surface area contributed by atoms with Crippen LogP contribution in [0, 0.1) is 0 Å². The first kappa shape index (κ1) is 26.5.